The van der Waals surface area contributed by atoms with Crippen LogP contribution in [0.4, 0.5) is 5.69 Å². The molecule has 4 rings (SSSR count). The fourth-order valence-corrected chi connectivity index (χ4v) is 5.41. The molecule has 31 heavy (non-hydrogen) atoms. The number of amides is 2. The summed E-state index contributed by atoms with van der Waals surface area (Å²) in [6.07, 6.45) is 1.11. The van der Waals surface area contributed by atoms with E-state index in [1.807, 2.05) is 32.0 Å². The number of carbonyl (C=O) groups excluding carboxylic acids is 2. The van der Waals surface area contributed by atoms with E-state index in [2.05, 4.69) is 18.7 Å². The van der Waals surface area contributed by atoms with E-state index in [9.17, 15) is 9.59 Å². The Morgan fingerprint density at radius 3 is 2.06 bits per heavy atom. The molecule has 0 aromatic heterocycles. The largest absolute Gasteiger partial charge is 0.366 e. The second-order valence-corrected chi connectivity index (χ2v) is 9.84. The van der Waals surface area contributed by atoms with Crippen molar-refractivity contribution in [1.82, 2.24) is 4.90 Å². The van der Waals surface area contributed by atoms with Crippen LogP contribution in [0.2, 0.25) is 10.0 Å². The molecule has 0 saturated carbocycles. The molecule has 2 heterocycles. The van der Waals surface area contributed by atoms with Gasteiger partial charge in [0.25, 0.3) is 11.8 Å². The lowest BCUT2D eigenvalue weighted by Crippen LogP contribution is -2.42. The first-order valence-corrected chi connectivity index (χ1v) is 11.3. The van der Waals surface area contributed by atoms with Gasteiger partial charge in [-0.3, -0.25) is 9.59 Å². The average Bonchev–Trinajstić information content (AvgIpc) is 2.90. The van der Waals surface area contributed by atoms with Gasteiger partial charge in [0.05, 0.1) is 11.3 Å². The van der Waals surface area contributed by atoms with Crippen LogP contribution in [0, 0.1) is 25.7 Å². The van der Waals surface area contributed by atoms with Crippen molar-refractivity contribution in [2.24, 2.45) is 11.8 Å². The minimum absolute atomic E-state index is 0.320. The fourth-order valence-electron chi connectivity index (χ4n) is 4.90. The van der Waals surface area contributed by atoms with Gasteiger partial charge in [-0.15, -0.1) is 0 Å². The Hall–Kier alpha value is -2.30. The topological polar surface area (TPSA) is 40.6 Å². The molecular weight excluding hydrogens is 431 g/mol. The summed E-state index contributed by atoms with van der Waals surface area (Å²) < 4.78 is 0. The van der Waals surface area contributed by atoms with Gasteiger partial charge in [0.15, 0.2) is 0 Å². The third-order valence-corrected chi connectivity index (χ3v) is 6.44. The van der Waals surface area contributed by atoms with Crippen molar-refractivity contribution >= 4 is 46.3 Å². The van der Waals surface area contributed by atoms with Crippen LogP contribution in [0.15, 0.2) is 42.1 Å². The van der Waals surface area contributed by atoms with E-state index >= 15 is 0 Å². The highest BCUT2D eigenvalue weighted by Crippen LogP contribution is 2.39. The second-order valence-electron chi connectivity index (χ2n) is 8.97. The van der Waals surface area contributed by atoms with Crippen LogP contribution in [0.1, 0.15) is 37.0 Å². The highest BCUT2D eigenvalue weighted by Gasteiger charge is 2.44. The van der Waals surface area contributed by atoms with Crippen molar-refractivity contribution < 1.29 is 9.59 Å². The molecule has 2 atom stereocenters. The molecule has 0 spiro atoms. The van der Waals surface area contributed by atoms with Crippen LogP contribution in [0.5, 0.6) is 0 Å². The Bertz CT molecular complexity index is 1080. The van der Waals surface area contributed by atoms with Crippen molar-refractivity contribution in [3.05, 3.63) is 68.8 Å². The Balaban J connectivity index is 1.89. The van der Waals surface area contributed by atoms with E-state index in [0.29, 0.717) is 38.8 Å². The van der Waals surface area contributed by atoms with E-state index in [1.165, 1.54) is 4.90 Å². The number of hydrogen-bond donors (Lipinski definition) is 0. The monoisotopic (exact) mass is 456 g/mol. The van der Waals surface area contributed by atoms with Gasteiger partial charge in [-0.25, -0.2) is 4.90 Å². The quantitative estimate of drug-likeness (QED) is 0.541. The summed E-state index contributed by atoms with van der Waals surface area (Å²) in [4.78, 5) is 30.8. The van der Waals surface area contributed by atoms with Crippen molar-refractivity contribution in [1.29, 1.82) is 0 Å². The molecule has 2 aliphatic heterocycles. The number of benzene rings is 2. The molecule has 2 aromatic rings. The molecule has 2 unspecified atom stereocenters. The normalized spacial score (nSPS) is 22.0. The number of likely N-dealkylation sites (tertiary alicyclic amines) is 1. The van der Waals surface area contributed by atoms with Gasteiger partial charge in [0.1, 0.15) is 5.70 Å². The molecule has 0 aliphatic carbocycles. The maximum atomic E-state index is 13.7. The minimum atomic E-state index is -0.337. The number of nitrogens with zero attached hydrogens (tertiary/aromatic N) is 2. The smallest absolute Gasteiger partial charge is 0.282 e. The molecule has 6 heteroatoms. The Morgan fingerprint density at radius 2 is 1.48 bits per heavy atom. The van der Waals surface area contributed by atoms with Crippen LogP contribution >= 0.6 is 23.2 Å². The minimum Gasteiger partial charge on any atom is -0.366 e. The van der Waals surface area contributed by atoms with Crippen molar-refractivity contribution in [3.8, 4) is 0 Å². The summed E-state index contributed by atoms with van der Waals surface area (Å²) in [5.41, 5.74) is 4.20. The second kappa shape index (κ2) is 8.33. The number of anilines is 1. The number of imide groups is 1. The number of hydrogen-bond acceptors (Lipinski definition) is 3. The van der Waals surface area contributed by atoms with Crippen molar-refractivity contribution in [3.63, 3.8) is 0 Å². The van der Waals surface area contributed by atoms with Gasteiger partial charge in [-0.05, 0) is 61.4 Å². The number of rotatable bonds is 3. The van der Waals surface area contributed by atoms with E-state index in [-0.39, 0.29) is 11.8 Å². The molecule has 162 valence electrons. The predicted molar refractivity (Wildman–Crippen MR) is 126 cm³/mol. The third-order valence-electron chi connectivity index (χ3n) is 6.00. The number of carbonyl (C=O) groups is 2. The van der Waals surface area contributed by atoms with Crippen molar-refractivity contribution in [2.75, 3.05) is 18.0 Å². The summed E-state index contributed by atoms with van der Waals surface area (Å²) in [5.74, 6) is 0.221. The van der Waals surface area contributed by atoms with E-state index < -0.39 is 0 Å². The van der Waals surface area contributed by atoms with Gasteiger partial charge in [0, 0.05) is 23.1 Å². The average molecular weight is 457 g/mol. The van der Waals surface area contributed by atoms with E-state index in [1.54, 1.807) is 18.2 Å². The van der Waals surface area contributed by atoms with Crippen LogP contribution in [-0.2, 0) is 9.59 Å². The van der Waals surface area contributed by atoms with Gasteiger partial charge in [-0.1, -0.05) is 60.8 Å². The summed E-state index contributed by atoms with van der Waals surface area (Å²) >= 11 is 12.4. The summed E-state index contributed by atoms with van der Waals surface area (Å²) in [7, 11) is 0. The molecule has 0 bridgehead atoms. The van der Waals surface area contributed by atoms with E-state index in [0.717, 1.165) is 36.2 Å². The van der Waals surface area contributed by atoms with E-state index in [4.69, 9.17) is 23.2 Å². The zero-order chi connectivity index (χ0) is 22.4. The lowest BCUT2D eigenvalue weighted by molar-refractivity contribution is -0.120. The van der Waals surface area contributed by atoms with Gasteiger partial charge in [0.2, 0.25) is 0 Å². The van der Waals surface area contributed by atoms with Gasteiger partial charge < -0.3 is 4.90 Å². The molecular formula is C25H26Cl2N2O2. The van der Waals surface area contributed by atoms with Crippen LogP contribution in [-0.4, -0.2) is 29.8 Å². The lowest BCUT2D eigenvalue weighted by atomic mass is 9.90. The molecule has 1 fully saturated rings. The molecule has 2 amide bonds. The Morgan fingerprint density at radius 1 is 0.871 bits per heavy atom. The summed E-state index contributed by atoms with van der Waals surface area (Å²) in [5, 5.41) is 0.759. The Kier molecular flexibility index (Phi) is 5.89. The standard InChI is InChI=1S/C25H26Cl2N2O2/c1-14-5-6-21(17(4)8-14)22-23(28-12-15(2)7-16(3)13-28)25(31)29(24(22)30)20-10-18(26)9-19(27)11-20/h5-6,8-11,15-16H,7,12-13H2,1-4H3. The number of aryl methyl sites for hydroxylation is 2. The van der Waals surface area contributed by atoms with Crippen LogP contribution in [0.25, 0.3) is 5.57 Å². The highest BCUT2D eigenvalue weighted by atomic mass is 35.5. The highest BCUT2D eigenvalue weighted by molar-refractivity contribution is 6.46. The molecule has 2 aliphatic rings. The fraction of sp³-hybridized carbons (Fsp3) is 0.360. The van der Waals surface area contributed by atoms with Crippen LogP contribution in [0.3, 0.4) is 0 Å². The zero-order valence-electron chi connectivity index (χ0n) is 18.2. The lowest BCUT2D eigenvalue weighted by Gasteiger charge is -2.37. The molecule has 0 N–H and O–H groups in total. The first-order valence-electron chi connectivity index (χ1n) is 10.6. The van der Waals surface area contributed by atoms with Gasteiger partial charge >= 0.3 is 0 Å². The predicted octanol–water partition coefficient (Wildman–Crippen LogP) is 5.87. The maximum Gasteiger partial charge on any atom is 0.282 e. The molecule has 1 saturated heterocycles. The SMILES string of the molecule is Cc1ccc(C2=C(N3CC(C)CC(C)C3)C(=O)N(c3cc(Cl)cc(Cl)c3)C2=O)c(C)c1. The van der Waals surface area contributed by atoms with Crippen molar-refractivity contribution in [2.45, 2.75) is 34.1 Å². The first kappa shape index (κ1) is 21.9. The summed E-state index contributed by atoms with van der Waals surface area (Å²) in [6.45, 7) is 9.87. The molecule has 4 nitrogen and oxygen atoms in total. The third kappa shape index (κ3) is 4.11. The molecule has 0 radical (unpaired) electrons. The number of piperidine rings is 1. The molecule has 2 aromatic carbocycles. The Labute approximate surface area is 193 Å². The van der Waals surface area contributed by atoms with Crippen LogP contribution < -0.4 is 4.90 Å². The van der Waals surface area contributed by atoms with Gasteiger partial charge in [-0.2, -0.15) is 0 Å². The first-order chi connectivity index (χ1) is 14.7. The number of halogens is 2. The summed E-state index contributed by atoms with van der Waals surface area (Å²) in [6, 6.07) is 10.8. The maximum absolute atomic E-state index is 13.7. The zero-order valence-corrected chi connectivity index (χ0v) is 19.7.